The SMILES string of the molecule is COc1ccc(-c2cc(-c3ccccc3)[s+]c3c2CCc2ccccc2-3)cc1OC.O=C([O-])C(F)(F)F. The lowest BCUT2D eigenvalue weighted by Gasteiger charge is -2.18. The van der Waals surface area contributed by atoms with Crippen LogP contribution >= 0.6 is 11.3 Å². The van der Waals surface area contributed by atoms with Crippen molar-refractivity contribution in [2.75, 3.05) is 14.2 Å². The second kappa shape index (κ2) is 11.0. The van der Waals surface area contributed by atoms with Crippen LogP contribution in [0.5, 0.6) is 11.5 Å². The van der Waals surface area contributed by atoms with Gasteiger partial charge in [-0.2, -0.15) is 13.2 Å². The Labute approximate surface area is 216 Å². The van der Waals surface area contributed by atoms with Gasteiger partial charge in [0.15, 0.2) is 11.5 Å². The molecule has 0 fully saturated rings. The van der Waals surface area contributed by atoms with Crippen molar-refractivity contribution in [2.45, 2.75) is 19.0 Å². The molecule has 190 valence electrons. The van der Waals surface area contributed by atoms with E-state index in [1.807, 2.05) is 17.4 Å². The standard InChI is InChI=1S/C27H23O2S.C2HF3O2/c1-28-24-15-13-20(16-25(24)29-2)23-17-26(19-9-4-3-5-10-19)30-27-21-11-7-6-8-18(21)12-14-22(23)27;3-2(4,5)1(6)7/h3-11,13,15-17H,12,14H2,1-2H3;(H,6,7)/q+1;/p-1. The van der Waals surface area contributed by atoms with E-state index in [9.17, 15) is 13.2 Å². The number of methoxy groups -OCH3 is 2. The molecule has 8 heteroatoms. The van der Waals surface area contributed by atoms with Crippen LogP contribution in [0.25, 0.3) is 32.0 Å². The number of carbonyl (C=O) groups is 1. The molecule has 0 radical (unpaired) electrons. The topological polar surface area (TPSA) is 58.6 Å². The van der Waals surface area contributed by atoms with Gasteiger partial charge in [0.05, 0.1) is 14.2 Å². The first kappa shape index (κ1) is 26.2. The summed E-state index contributed by atoms with van der Waals surface area (Å²) < 4.78 is 42.6. The number of rotatable bonds is 4. The Morgan fingerprint density at radius 2 is 1.46 bits per heavy atom. The Hall–Kier alpha value is -3.91. The van der Waals surface area contributed by atoms with E-state index in [0.29, 0.717) is 0 Å². The van der Waals surface area contributed by atoms with E-state index in [0.717, 1.165) is 29.9 Å². The number of hydrogen-bond acceptors (Lipinski definition) is 4. The average molecular weight is 525 g/mol. The summed E-state index contributed by atoms with van der Waals surface area (Å²) in [6.45, 7) is 0. The lowest BCUT2D eigenvalue weighted by molar-refractivity contribution is -0.344. The Morgan fingerprint density at radius 1 is 0.811 bits per heavy atom. The number of alkyl halides is 3. The van der Waals surface area contributed by atoms with Gasteiger partial charge in [-0.15, -0.1) is 0 Å². The molecule has 5 rings (SSSR count). The van der Waals surface area contributed by atoms with Crippen molar-refractivity contribution < 1.29 is 32.5 Å². The molecule has 0 atom stereocenters. The third-order valence-electron chi connectivity index (χ3n) is 5.98. The summed E-state index contributed by atoms with van der Waals surface area (Å²) in [5.74, 6) is -1.50. The third kappa shape index (κ3) is 5.75. The number of halogens is 3. The maximum absolute atomic E-state index is 10.5. The molecule has 1 aromatic heterocycles. The van der Waals surface area contributed by atoms with E-state index in [2.05, 4.69) is 72.8 Å². The molecule has 1 heterocycles. The number of carboxylic acid groups (broad SMARTS) is 1. The number of carboxylic acids is 1. The minimum Gasteiger partial charge on any atom is -0.542 e. The maximum atomic E-state index is 10.5. The van der Waals surface area contributed by atoms with E-state index in [4.69, 9.17) is 19.4 Å². The predicted molar refractivity (Wildman–Crippen MR) is 137 cm³/mol. The van der Waals surface area contributed by atoms with Crippen LogP contribution in [-0.4, -0.2) is 26.4 Å². The number of hydrogen-bond donors (Lipinski definition) is 0. The molecule has 3 aromatic carbocycles. The minimum atomic E-state index is -5.19. The summed E-state index contributed by atoms with van der Waals surface area (Å²) in [5.41, 5.74) is 7.90. The molecular weight excluding hydrogens is 501 g/mol. The summed E-state index contributed by atoms with van der Waals surface area (Å²) in [5, 5.41) is 8.78. The highest BCUT2D eigenvalue weighted by Crippen LogP contribution is 2.46. The smallest absolute Gasteiger partial charge is 0.430 e. The molecule has 0 N–H and O–H groups in total. The van der Waals surface area contributed by atoms with Gasteiger partial charge in [0, 0.05) is 22.8 Å². The van der Waals surface area contributed by atoms with Crippen molar-refractivity contribution in [3.05, 3.63) is 90.0 Å². The van der Waals surface area contributed by atoms with Crippen molar-refractivity contribution in [3.63, 3.8) is 0 Å². The highest BCUT2D eigenvalue weighted by molar-refractivity contribution is 7.18. The van der Waals surface area contributed by atoms with E-state index in [1.54, 1.807) is 14.2 Å². The first-order valence-corrected chi connectivity index (χ1v) is 12.2. The summed E-state index contributed by atoms with van der Waals surface area (Å²) in [6, 6.07) is 28.0. The molecule has 37 heavy (non-hydrogen) atoms. The zero-order chi connectivity index (χ0) is 26.6. The van der Waals surface area contributed by atoms with Crippen LogP contribution < -0.4 is 14.6 Å². The molecule has 0 bridgehead atoms. The molecular formula is C29H23F3O4S. The van der Waals surface area contributed by atoms with E-state index < -0.39 is 12.1 Å². The van der Waals surface area contributed by atoms with Gasteiger partial charge in [0.25, 0.3) is 0 Å². The number of aryl methyl sites for hydroxylation is 1. The Morgan fingerprint density at radius 3 is 2.11 bits per heavy atom. The molecule has 1 aliphatic carbocycles. The molecule has 0 saturated carbocycles. The van der Waals surface area contributed by atoms with Crippen LogP contribution in [0.1, 0.15) is 11.1 Å². The summed E-state index contributed by atoms with van der Waals surface area (Å²) >= 11 is 1.89. The summed E-state index contributed by atoms with van der Waals surface area (Å²) in [7, 11) is 3.36. The summed E-state index contributed by atoms with van der Waals surface area (Å²) in [6.07, 6.45) is -3.08. The highest BCUT2D eigenvalue weighted by Gasteiger charge is 2.30. The van der Waals surface area contributed by atoms with Crippen molar-refractivity contribution >= 4 is 17.3 Å². The van der Waals surface area contributed by atoms with Gasteiger partial charge in [-0.1, -0.05) is 42.5 Å². The number of benzene rings is 3. The van der Waals surface area contributed by atoms with E-state index >= 15 is 0 Å². The second-order valence-electron chi connectivity index (χ2n) is 8.21. The first-order chi connectivity index (χ1) is 17.7. The molecule has 0 saturated heterocycles. The lowest BCUT2D eigenvalue weighted by atomic mass is 9.87. The summed E-state index contributed by atoms with van der Waals surface area (Å²) in [4.78, 5) is 11.4. The van der Waals surface area contributed by atoms with E-state index in [1.165, 1.54) is 37.6 Å². The lowest BCUT2D eigenvalue weighted by Crippen LogP contribution is -2.37. The van der Waals surface area contributed by atoms with Crippen LogP contribution in [0.2, 0.25) is 0 Å². The van der Waals surface area contributed by atoms with Gasteiger partial charge in [0.2, 0.25) is 21.1 Å². The quantitative estimate of drug-likeness (QED) is 0.288. The molecule has 4 nitrogen and oxygen atoms in total. The van der Waals surface area contributed by atoms with Crippen LogP contribution in [0.3, 0.4) is 0 Å². The van der Waals surface area contributed by atoms with Crippen molar-refractivity contribution in [2.24, 2.45) is 0 Å². The fraction of sp³-hybridized carbons (Fsp3) is 0.172. The fourth-order valence-corrected chi connectivity index (χ4v) is 5.53. The van der Waals surface area contributed by atoms with Crippen LogP contribution in [0.15, 0.2) is 78.9 Å². The van der Waals surface area contributed by atoms with Gasteiger partial charge in [-0.3, -0.25) is 0 Å². The molecule has 0 spiro atoms. The number of carbonyl (C=O) groups excluding carboxylic acids is 1. The van der Waals surface area contributed by atoms with Crippen LogP contribution in [0.4, 0.5) is 13.2 Å². The van der Waals surface area contributed by atoms with Crippen molar-refractivity contribution in [3.8, 4) is 43.5 Å². The normalized spacial score (nSPS) is 11.9. The molecule has 0 amide bonds. The Balaban J connectivity index is 0.000000405. The van der Waals surface area contributed by atoms with E-state index in [-0.39, 0.29) is 0 Å². The molecule has 1 aliphatic rings. The average Bonchev–Trinajstić information content (AvgIpc) is 2.92. The molecule has 0 unspecified atom stereocenters. The molecule has 4 aromatic rings. The Kier molecular flexibility index (Phi) is 7.78. The number of aliphatic carboxylic acids is 1. The zero-order valence-electron chi connectivity index (χ0n) is 20.1. The minimum absolute atomic E-state index is 0.752. The zero-order valence-corrected chi connectivity index (χ0v) is 20.9. The Bertz CT molecular complexity index is 1420. The van der Waals surface area contributed by atoms with Gasteiger partial charge < -0.3 is 19.4 Å². The van der Waals surface area contributed by atoms with Gasteiger partial charge in [0.1, 0.15) is 5.97 Å². The number of fused-ring (bicyclic) bond motifs is 3. The third-order valence-corrected chi connectivity index (χ3v) is 7.22. The van der Waals surface area contributed by atoms with Crippen LogP contribution in [-0.2, 0) is 17.6 Å². The van der Waals surface area contributed by atoms with Gasteiger partial charge in [-0.05, 0) is 59.9 Å². The first-order valence-electron chi connectivity index (χ1n) is 11.4. The predicted octanol–water partition coefficient (Wildman–Crippen LogP) is 6.44. The fourth-order valence-electron chi connectivity index (χ4n) is 4.23. The monoisotopic (exact) mass is 524 g/mol. The van der Waals surface area contributed by atoms with Crippen molar-refractivity contribution in [1.82, 2.24) is 0 Å². The van der Waals surface area contributed by atoms with Gasteiger partial charge in [-0.25, -0.2) is 0 Å². The number of ether oxygens (including phenoxy) is 2. The highest BCUT2D eigenvalue weighted by atomic mass is 32.1. The second-order valence-corrected chi connectivity index (χ2v) is 9.26. The van der Waals surface area contributed by atoms with Crippen LogP contribution in [0, 0.1) is 0 Å². The largest absolute Gasteiger partial charge is 0.542 e. The molecule has 0 aliphatic heterocycles. The van der Waals surface area contributed by atoms with Gasteiger partial charge >= 0.3 is 6.18 Å². The van der Waals surface area contributed by atoms with Crippen molar-refractivity contribution in [1.29, 1.82) is 0 Å². The maximum Gasteiger partial charge on any atom is 0.430 e.